The normalized spacial score (nSPS) is 3.33. The molecule has 0 aliphatic heterocycles. The Bertz CT molecular complexity index is 14.5. The van der Waals surface area contributed by atoms with Crippen LogP contribution < -0.4 is 0 Å². The molecule has 0 heterocycles. The zero-order valence-electron chi connectivity index (χ0n) is 5.25. The second kappa shape index (κ2) is 43.4. The molecule has 0 fully saturated rings. The molecule has 0 aromatic rings. The molecular weight excluding hydrogens is 444 g/mol. The van der Waals surface area contributed by atoms with E-state index < -0.39 is 0 Å². The molecule has 0 atom stereocenters. The van der Waals surface area contributed by atoms with Gasteiger partial charge in [0, 0.05) is 77.9 Å². The number of rotatable bonds is 1. The molecule has 0 rings (SSSR count). The summed E-state index contributed by atoms with van der Waals surface area (Å²) in [5.74, 6) is 0. The van der Waals surface area contributed by atoms with Crippen molar-refractivity contribution in [2.75, 3.05) is 0 Å². The van der Waals surface area contributed by atoms with Gasteiger partial charge in [-0.3, -0.25) is 0 Å². The van der Waals surface area contributed by atoms with Crippen LogP contribution in [0.25, 0.3) is 0 Å². The second-order valence-electron chi connectivity index (χ2n) is 0.149. The fourth-order valence-electron chi connectivity index (χ4n) is 0. The van der Waals surface area contributed by atoms with E-state index >= 15 is 0 Å². The van der Waals surface area contributed by atoms with E-state index in [1.165, 1.54) is 0 Å². The van der Waals surface area contributed by atoms with Crippen molar-refractivity contribution in [1.29, 1.82) is 0 Å². The molecule has 0 spiro atoms. The summed E-state index contributed by atoms with van der Waals surface area (Å²) in [6, 6.07) is 0. The number of hydrogen-bond donors (Lipinski definition) is 2. The molecule has 0 aliphatic carbocycles. The topological polar surface area (TPSA) is 58.9 Å². The zero-order chi connectivity index (χ0) is 3.41. The summed E-state index contributed by atoms with van der Waals surface area (Å²) in [5, 5.41) is 19.0. The molecule has 0 saturated carbocycles. The van der Waals surface area contributed by atoms with Crippen LogP contribution in [0.3, 0.4) is 0 Å². The minimum absolute atomic E-state index is 0. The predicted molar refractivity (Wildman–Crippen MR) is 16.0 cm³/mol. The zero-order valence-corrected chi connectivity index (χ0v) is 21.2. The van der Waals surface area contributed by atoms with Gasteiger partial charge in [-0.05, 0) is 10.1 Å². The summed E-state index contributed by atoms with van der Waals surface area (Å²) >= 11 is 0. The van der Waals surface area contributed by atoms with E-state index in [0.29, 0.717) is 0 Å². The molecule has 0 aliphatic rings. The maximum Gasteiger partial charge on any atom is 0 e. The smallest absolute Gasteiger partial charge is 0 e. The van der Waals surface area contributed by atoms with E-state index in [1.807, 2.05) is 0 Å². The third kappa shape index (κ3) is 54.4. The third-order valence-electron chi connectivity index (χ3n) is 0.0333. The van der Waals surface area contributed by atoms with Gasteiger partial charge in [0.2, 0.25) is 0 Å². The molecule has 0 saturated heterocycles. The van der Waals surface area contributed by atoms with Crippen molar-refractivity contribution in [2.45, 2.75) is 0 Å². The van der Waals surface area contributed by atoms with Crippen molar-refractivity contribution in [1.82, 2.24) is 0 Å². The minimum atomic E-state index is 0. The van der Waals surface area contributed by atoms with Gasteiger partial charge >= 0.3 is 23.9 Å². The van der Waals surface area contributed by atoms with Crippen molar-refractivity contribution in [3.63, 3.8) is 0 Å². The standard InChI is InChI=1S/H2O4.Sn.4Zn.2H/c1-3-4-2;;;;;;;/h1-2H;;;;;;;. The molecule has 0 aromatic carbocycles. The first-order valence-corrected chi connectivity index (χ1v) is 0.532. The van der Waals surface area contributed by atoms with Crippen LogP contribution >= 0.6 is 0 Å². The van der Waals surface area contributed by atoms with Crippen LogP contribution in [0.1, 0.15) is 0 Å². The maximum absolute atomic E-state index is 6.90. The van der Waals surface area contributed by atoms with E-state index in [0.717, 1.165) is 0 Å². The van der Waals surface area contributed by atoms with Gasteiger partial charge < -0.3 is 0 Å². The first-order chi connectivity index (χ1) is 1.91. The fraction of sp³-hybridized carbons (Fsp3) is 0. The van der Waals surface area contributed by atoms with Crippen molar-refractivity contribution in [2.24, 2.45) is 0 Å². The average Bonchev–Trinajstić information content (AvgIpc) is 1.37. The molecule has 0 bridgehead atoms. The van der Waals surface area contributed by atoms with Crippen LogP contribution in [0, 0.1) is 0 Å². The molecule has 40 valence electrons. The molecule has 0 aromatic heterocycles. The van der Waals surface area contributed by atoms with Gasteiger partial charge in [-0.2, -0.15) is 0 Å². The van der Waals surface area contributed by atoms with Crippen LogP contribution in [0.4, 0.5) is 0 Å². The first-order valence-electron chi connectivity index (χ1n) is 0.532. The van der Waals surface area contributed by atoms with Crippen molar-refractivity contribution in [3.05, 3.63) is 0 Å². The van der Waals surface area contributed by atoms with Gasteiger partial charge in [-0.1, -0.05) is 0 Å². The van der Waals surface area contributed by atoms with Gasteiger partial charge in [0.1, 0.15) is 0 Å². The molecular formula is H4O4SnZn4. The van der Waals surface area contributed by atoms with E-state index in [-0.39, 0.29) is 102 Å². The average molecular weight is 448 g/mol. The fourth-order valence-corrected chi connectivity index (χ4v) is 0. The Morgan fingerprint density at radius 3 is 0.778 bits per heavy atom. The molecule has 4 nitrogen and oxygen atoms in total. The Hall–Kier alpha value is 3.13. The molecule has 9 heteroatoms. The predicted octanol–water partition coefficient (Wildman–Crippen LogP) is -1.05. The summed E-state index contributed by atoms with van der Waals surface area (Å²) in [5.41, 5.74) is 0. The summed E-state index contributed by atoms with van der Waals surface area (Å²) in [4.78, 5) is 0. The van der Waals surface area contributed by atoms with Crippen molar-refractivity contribution >= 4 is 23.9 Å². The third-order valence-corrected chi connectivity index (χ3v) is 0.0333. The summed E-state index contributed by atoms with van der Waals surface area (Å²) in [7, 11) is 0. The largest absolute Gasteiger partial charge is 0 e. The number of hydrogen-bond acceptors (Lipinski definition) is 4. The summed E-state index contributed by atoms with van der Waals surface area (Å²) < 4.78 is 0. The molecule has 2 N–H and O–H groups in total. The molecule has 9 heavy (non-hydrogen) atoms. The maximum atomic E-state index is 6.90. The van der Waals surface area contributed by atoms with Gasteiger partial charge in [0.05, 0.1) is 0 Å². The van der Waals surface area contributed by atoms with Crippen LogP contribution in [0.15, 0.2) is 0 Å². The quantitative estimate of drug-likeness (QED) is 0.306. The van der Waals surface area contributed by atoms with Crippen LogP contribution in [-0.4, -0.2) is 34.4 Å². The Morgan fingerprint density at radius 1 is 0.667 bits per heavy atom. The summed E-state index contributed by atoms with van der Waals surface area (Å²) in [6.45, 7) is 0. The van der Waals surface area contributed by atoms with E-state index in [4.69, 9.17) is 10.5 Å². The Morgan fingerprint density at radius 2 is 0.778 bits per heavy atom. The van der Waals surface area contributed by atoms with Crippen molar-refractivity contribution < 1.29 is 98.5 Å². The van der Waals surface area contributed by atoms with Gasteiger partial charge in [-0.15, -0.1) is 0 Å². The molecule has 2 radical (unpaired) electrons. The SMILES string of the molecule is OOOO.[SnH2].[Zn].[Zn].[Zn].[Zn]. The monoisotopic (exact) mass is 444 g/mol. The van der Waals surface area contributed by atoms with E-state index in [2.05, 4.69) is 10.1 Å². The van der Waals surface area contributed by atoms with Crippen molar-refractivity contribution in [3.8, 4) is 0 Å². The Balaban J connectivity index is -0.00000000450. The van der Waals surface area contributed by atoms with Crippen LogP contribution in [-0.2, 0) is 88.0 Å². The van der Waals surface area contributed by atoms with Crippen LogP contribution in [0.5, 0.6) is 0 Å². The second-order valence-corrected chi connectivity index (χ2v) is 0.149. The molecule has 0 amide bonds. The van der Waals surface area contributed by atoms with Crippen LogP contribution in [0.2, 0.25) is 0 Å². The Labute approximate surface area is 121 Å². The molecule has 0 unspecified atom stereocenters. The van der Waals surface area contributed by atoms with Gasteiger partial charge in [0.25, 0.3) is 0 Å². The first kappa shape index (κ1) is 40.0. The van der Waals surface area contributed by atoms with Gasteiger partial charge in [0.15, 0.2) is 0 Å². The van der Waals surface area contributed by atoms with E-state index in [9.17, 15) is 0 Å². The minimum Gasteiger partial charge on any atom is 0 e. The Kier molecular flexibility index (Phi) is 193. The van der Waals surface area contributed by atoms with E-state index in [1.54, 1.807) is 0 Å². The van der Waals surface area contributed by atoms with Gasteiger partial charge in [-0.25, -0.2) is 10.5 Å². The summed E-state index contributed by atoms with van der Waals surface area (Å²) in [6.07, 6.45) is 0.